The minimum atomic E-state index is 0.249. The van der Waals surface area contributed by atoms with Crippen LogP contribution in [0.4, 0.5) is 0 Å². The highest BCUT2D eigenvalue weighted by molar-refractivity contribution is 9.10. The van der Waals surface area contributed by atoms with Crippen molar-refractivity contribution in [3.05, 3.63) is 40.5 Å². The van der Waals surface area contributed by atoms with Crippen molar-refractivity contribution < 1.29 is 4.42 Å². The molecule has 0 aliphatic heterocycles. The molecular formula is C20H27BrN6OS. The second-order valence-electron chi connectivity index (χ2n) is 7.00. The number of benzene rings is 1. The number of hydrogen-bond donors (Lipinski definition) is 0. The first-order valence-electron chi connectivity index (χ1n) is 9.84. The maximum absolute atomic E-state index is 5.87. The Hall–Kier alpha value is -1.71. The zero-order chi connectivity index (χ0) is 20.8. The van der Waals surface area contributed by atoms with E-state index in [1.165, 1.54) is 0 Å². The molecule has 0 aliphatic carbocycles. The minimum Gasteiger partial charge on any atom is -0.420 e. The molecule has 156 valence electrons. The average molecular weight is 479 g/mol. The first-order chi connectivity index (χ1) is 14.0. The number of aromatic nitrogens is 5. The Kier molecular flexibility index (Phi) is 7.85. The lowest BCUT2D eigenvalue weighted by atomic mass is 10.2. The molecule has 0 aliphatic rings. The highest BCUT2D eigenvalue weighted by Gasteiger charge is 2.22. The van der Waals surface area contributed by atoms with Crippen LogP contribution in [0.1, 0.15) is 50.9 Å². The fraction of sp³-hybridized carbons (Fsp3) is 0.500. The van der Waals surface area contributed by atoms with Gasteiger partial charge in [0.1, 0.15) is 0 Å². The van der Waals surface area contributed by atoms with Gasteiger partial charge in [0.05, 0.1) is 17.4 Å². The number of thioether (sulfide) groups is 1. The quantitative estimate of drug-likeness (QED) is 0.370. The molecule has 29 heavy (non-hydrogen) atoms. The third-order valence-electron chi connectivity index (χ3n) is 4.68. The van der Waals surface area contributed by atoms with Crippen molar-refractivity contribution in [2.45, 2.75) is 56.6 Å². The van der Waals surface area contributed by atoms with Crippen molar-refractivity contribution in [2.24, 2.45) is 0 Å². The van der Waals surface area contributed by atoms with E-state index in [0.717, 1.165) is 46.8 Å². The molecule has 0 radical (unpaired) electrons. The minimum absolute atomic E-state index is 0.249. The molecule has 0 N–H and O–H groups in total. The van der Waals surface area contributed by atoms with Crippen LogP contribution in [0, 0.1) is 0 Å². The maximum Gasteiger partial charge on any atom is 0.248 e. The van der Waals surface area contributed by atoms with Gasteiger partial charge < -0.3 is 8.98 Å². The van der Waals surface area contributed by atoms with Gasteiger partial charge in [-0.2, -0.15) is 0 Å². The molecular weight excluding hydrogens is 452 g/mol. The summed E-state index contributed by atoms with van der Waals surface area (Å²) in [6, 6.07) is 8.07. The van der Waals surface area contributed by atoms with E-state index in [1.54, 1.807) is 11.8 Å². The Balaban J connectivity index is 1.77. The van der Waals surface area contributed by atoms with Crippen LogP contribution in [0.2, 0.25) is 0 Å². The summed E-state index contributed by atoms with van der Waals surface area (Å²) >= 11 is 5.11. The van der Waals surface area contributed by atoms with Crippen LogP contribution in [0.15, 0.2) is 38.3 Å². The van der Waals surface area contributed by atoms with Gasteiger partial charge in [-0.3, -0.25) is 4.90 Å². The van der Waals surface area contributed by atoms with E-state index in [4.69, 9.17) is 4.42 Å². The van der Waals surface area contributed by atoms with Crippen molar-refractivity contribution in [1.29, 1.82) is 0 Å². The van der Waals surface area contributed by atoms with Gasteiger partial charge in [-0.1, -0.05) is 44.2 Å². The normalized spacial score (nSPS) is 12.6. The van der Waals surface area contributed by atoms with Crippen molar-refractivity contribution in [2.75, 3.05) is 14.1 Å². The summed E-state index contributed by atoms with van der Waals surface area (Å²) in [5.74, 6) is 2.67. The van der Waals surface area contributed by atoms with Crippen LogP contribution < -0.4 is 0 Å². The highest BCUT2D eigenvalue weighted by atomic mass is 79.9. The van der Waals surface area contributed by atoms with Gasteiger partial charge in [-0.05, 0) is 55.0 Å². The lowest BCUT2D eigenvalue weighted by Gasteiger charge is -2.23. The van der Waals surface area contributed by atoms with E-state index >= 15 is 0 Å². The van der Waals surface area contributed by atoms with Crippen LogP contribution in [-0.4, -0.2) is 44.0 Å². The average Bonchev–Trinajstić information content (AvgIpc) is 3.33. The summed E-state index contributed by atoms with van der Waals surface area (Å²) < 4.78 is 9.04. The summed E-state index contributed by atoms with van der Waals surface area (Å²) in [5, 5.41) is 18.3. The number of unbranched alkanes of at least 4 members (excludes halogenated alkanes) is 1. The molecule has 0 saturated carbocycles. The van der Waals surface area contributed by atoms with Crippen molar-refractivity contribution >= 4 is 27.7 Å². The van der Waals surface area contributed by atoms with E-state index in [-0.39, 0.29) is 6.04 Å². The second-order valence-corrected chi connectivity index (χ2v) is 8.80. The van der Waals surface area contributed by atoms with Crippen LogP contribution in [0.25, 0.3) is 11.5 Å². The molecule has 0 spiro atoms. The number of rotatable bonds is 10. The first-order valence-corrected chi connectivity index (χ1v) is 11.6. The van der Waals surface area contributed by atoms with Crippen LogP contribution in [-0.2, 0) is 12.3 Å². The topological polar surface area (TPSA) is 72.9 Å². The molecule has 1 unspecified atom stereocenters. The number of hydrogen-bond acceptors (Lipinski definition) is 7. The molecule has 2 heterocycles. The van der Waals surface area contributed by atoms with Crippen molar-refractivity contribution in [3.8, 4) is 11.5 Å². The molecule has 3 rings (SSSR count). The molecule has 9 heteroatoms. The number of halogens is 1. The van der Waals surface area contributed by atoms with Gasteiger partial charge in [0.2, 0.25) is 11.8 Å². The molecule has 0 amide bonds. The largest absolute Gasteiger partial charge is 0.420 e. The Morgan fingerprint density at radius 3 is 2.62 bits per heavy atom. The summed E-state index contributed by atoms with van der Waals surface area (Å²) in [4.78, 5) is 2.20. The van der Waals surface area contributed by atoms with Crippen molar-refractivity contribution in [1.82, 2.24) is 29.9 Å². The van der Waals surface area contributed by atoms with Crippen LogP contribution >= 0.6 is 27.7 Å². The SMILES string of the molecule is CCCCn1c(SCc2nnc(-c3ccccc3Br)o2)nnc1C(CC)N(C)C. The molecule has 7 nitrogen and oxygen atoms in total. The Morgan fingerprint density at radius 2 is 1.93 bits per heavy atom. The zero-order valence-corrected chi connectivity index (χ0v) is 19.7. The Bertz CT molecular complexity index is 925. The third kappa shape index (κ3) is 5.26. The van der Waals surface area contributed by atoms with Crippen LogP contribution in [0.3, 0.4) is 0 Å². The summed E-state index contributed by atoms with van der Waals surface area (Å²) in [7, 11) is 4.17. The fourth-order valence-electron chi connectivity index (χ4n) is 3.14. The molecule has 1 aromatic carbocycles. The third-order valence-corrected chi connectivity index (χ3v) is 6.33. The predicted molar refractivity (Wildman–Crippen MR) is 119 cm³/mol. The molecule has 0 bridgehead atoms. The van der Waals surface area contributed by atoms with Crippen LogP contribution in [0.5, 0.6) is 0 Å². The summed E-state index contributed by atoms with van der Waals surface area (Å²) in [6.45, 7) is 5.29. The lowest BCUT2D eigenvalue weighted by Crippen LogP contribution is -2.23. The van der Waals surface area contributed by atoms with E-state index in [0.29, 0.717) is 17.5 Å². The molecule has 0 fully saturated rings. The molecule has 0 saturated heterocycles. The maximum atomic E-state index is 5.87. The molecule has 1 atom stereocenters. The van der Waals surface area contributed by atoms with Crippen molar-refractivity contribution in [3.63, 3.8) is 0 Å². The number of nitrogens with zero attached hydrogens (tertiary/aromatic N) is 6. The van der Waals surface area contributed by atoms with Gasteiger partial charge in [-0.25, -0.2) is 0 Å². The van der Waals surface area contributed by atoms with E-state index in [1.807, 2.05) is 24.3 Å². The molecule has 2 aromatic heterocycles. The standard InChI is InChI=1S/C20H27BrN6OS/c1-5-7-12-27-18(16(6-2)26(3)4)23-25-20(27)29-13-17-22-24-19(28-17)14-10-8-9-11-15(14)21/h8-11,16H,5-7,12-13H2,1-4H3. The smallest absolute Gasteiger partial charge is 0.248 e. The Labute approximate surface area is 184 Å². The van der Waals surface area contributed by atoms with Gasteiger partial charge in [-0.15, -0.1) is 20.4 Å². The lowest BCUT2D eigenvalue weighted by molar-refractivity contribution is 0.270. The van der Waals surface area contributed by atoms with E-state index in [9.17, 15) is 0 Å². The van der Waals surface area contributed by atoms with Gasteiger partial charge in [0.25, 0.3) is 0 Å². The predicted octanol–water partition coefficient (Wildman–Crippen LogP) is 5.20. The van der Waals surface area contributed by atoms with E-state index < -0.39 is 0 Å². The fourth-order valence-corrected chi connectivity index (χ4v) is 4.40. The first kappa shape index (κ1) is 22.0. The van der Waals surface area contributed by atoms with Gasteiger partial charge >= 0.3 is 0 Å². The summed E-state index contributed by atoms with van der Waals surface area (Å²) in [6.07, 6.45) is 3.20. The Morgan fingerprint density at radius 1 is 1.14 bits per heavy atom. The van der Waals surface area contributed by atoms with E-state index in [2.05, 4.69) is 73.7 Å². The molecule has 3 aromatic rings. The summed E-state index contributed by atoms with van der Waals surface area (Å²) in [5.41, 5.74) is 0.890. The zero-order valence-electron chi connectivity index (χ0n) is 17.3. The van der Waals surface area contributed by atoms with Gasteiger partial charge in [0, 0.05) is 11.0 Å². The highest BCUT2D eigenvalue weighted by Crippen LogP contribution is 2.30. The monoisotopic (exact) mass is 478 g/mol. The second kappa shape index (κ2) is 10.4. The van der Waals surface area contributed by atoms with Gasteiger partial charge in [0.15, 0.2) is 11.0 Å².